The molecule has 39 heavy (non-hydrogen) atoms. The number of halogens is 2. The first-order valence-corrected chi connectivity index (χ1v) is 12.3. The highest BCUT2D eigenvalue weighted by atomic mass is 35.5. The van der Waals surface area contributed by atoms with E-state index in [9.17, 15) is 9.59 Å². The molecule has 8 nitrogen and oxygen atoms in total. The monoisotopic (exact) mass is 564 g/mol. The van der Waals surface area contributed by atoms with Crippen molar-refractivity contribution in [1.82, 2.24) is 5.43 Å². The first-order chi connectivity index (χ1) is 18.9. The van der Waals surface area contributed by atoms with Crippen LogP contribution in [0.4, 0.5) is 0 Å². The maximum Gasteiger partial charge on any atom is 0.343 e. The highest BCUT2D eigenvalue weighted by molar-refractivity contribution is 6.42. The lowest BCUT2D eigenvalue weighted by Crippen LogP contribution is -2.40. The molecule has 0 fully saturated rings. The van der Waals surface area contributed by atoms with Gasteiger partial charge in [-0.1, -0.05) is 59.6 Å². The number of nitrogens with one attached hydrogen (secondary N) is 1. The van der Waals surface area contributed by atoms with Gasteiger partial charge in [-0.3, -0.25) is 4.79 Å². The predicted octanol–water partition coefficient (Wildman–Crippen LogP) is 6.16. The molecule has 0 unspecified atom stereocenters. The van der Waals surface area contributed by atoms with E-state index in [-0.39, 0.29) is 22.1 Å². The number of ether oxygens (including phenoxy) is 4. The van der Waals surface area contributed by atoms with E-state index in [1.165, 1.54) is 37.6 Å². The van der Waals surface area contributed by atoms with Crippen LogP contribution in [0, 0.1) is 0 Å². The van der Waals surface area contributed by atoms with Crippen molar-refractivity contribution >= 4 is 41.3 Å². The molecule has 0 saturated carbocycles. The Morgan fingerprint density at radius 3 is 2.03 bits per heavy atom. The number of carbonyl (C=O) groups excluding carboxylic acids is 2. The van der Waals surface area contributed by atoms with E-state index < -0.39 is 18.2 Å². The number of amides is 1. The molecular formula is C29H22Cl2N2O6. The fourth-order valence-corrected chi connectivity index (χ4v) is 3.53. The fraction of sp³-hybridized carbons (Fsp3) is 0.0690. The minimum absolute atomic E-state index is 0.183. The van der Waals surface area contributed by atoms with E-state index >= 15 is 0 Å². The van der Waals surface area contributed by atoms with Crippen molar-refractivity contribution in [2.24, 2.45) is 5.10 Å². The number of esters is 1. The zero-order chi connectivity index (χ0) is 27.6. The van der Waals surface area contributed by atoms with Crippen LogP contribution in [0.2, 0.25) is 10.0 Å². The van der Waals surface area contributed by atoms with E-state index in [1.807, 2.05) is 12.1 Å². The van der Waals surface area contributed by atoms with Crippen LogP contribution >= 0.6 is 23.2 Å². The van der Waals surface area contributed by atoms with Crippen molar-refractivity contribution in [1.29, 1.82) is 0 Å². The molecule has 0 atom stereocenters. The predicted molar refractivity (Wildman–Crippen MR) is 148 cm³/mol. The Hall–Kier alpha value is -4.53. The molecule has 0 radical (unpaired) electrons. The SMILES string of the molecule is COc1cc(C=NNC(=O)C(Oc2ccccc2)Oc2ccccc2)ccc1OC(=O)c1ccc(Cl)c(Cl)c1. The second kappa shape index (κ2) is 13.3. The van der Waals surface area contributed by atoms with Gasteiger partial charge >= 0.3 is 18.2 Å². The summed E-state index contributed by atoms with van der Waals surface area (Å²) in [6.07, 6.45) is 0.0947. The Morgan fingerprint density at radius 1 is 0.795 bits per heavy atom. The minimum Gasteiger partial charge on any atom is -0.493 e. The Labute approximate surface area is 234 Å². The second-order valence-electron chi connectivity index (χ2n) is 7.86. The van der Waals surface area contributed by atoms with Gasteiger partial charge in [-0.2, -0.15) is 5.10 Å². The summed E-state index contributed by atoms with van der Waals surface area (Å²) in [6.45, 7) is 0. The molecule has 0 saturated heterocycles. The smallest absolute Gasteiger partial charge is 0.343 e. The van der Waals surface area contributed by atoms with Gasteiger partial charge in [0.1, 0.15) is 11.5 Å². The summed E-state index contributed by atoms with van der Waals surface area (Å²) in [5.41, 5.74) is 3.21. The third-order valence-electron chi connectivity index (χ3n) is 5.12. The number of nitrogens with zero attached hydrogens (tertiary/aromatic N) is 1. The highest BCUT2D eigenvalue weighted by Crippen LogP contribution is 2.29. The lowest BCUT2D eigenvalue weighted by Gasteiger charge is -2.18. The molecule has 198 valence electrons. The molecule has 0 spiro atoms. The van der Waals surface area contributed by atoms with Gasteiger partial charge < -0.3 is 18.9 Å². The highest BCUT2D eigenvalue weighted by Gasteiger charge is 2.22. The Balaban J connectivity index is 1.43. The number of hydrazone groups is 1. The molecule has 4 aromatic carbocycles. The van der Waals surface area contributed by atoms with Gasteiger partial charge in [0.25, 0.3) is 0 Å². The van der Waals surface area contributed by atoms with Crippen molar-refractivity contribution in [3.8, 4) is 23.0 Å². The van der Waals surface area contributed by atoms with Crippen LogP contribution < -0.4 is 24.4 Å². The first kappa shape index (κ1) is 27.5. The molecular weight excluding hydrogens is 543 g/mol. The normalized spacial score (nSPS) is 10.8. The number of hydrogen-bond acceptors (Lipinski definition) is 7. The lowest BCUT2D eigenvalue weighted by atomic mass is 10.2. The molecule has 4 rings (SSSR count). The Morgan fingerprint density at radius 2 is 1.44 bits per heavy atom. The van der Waals surface area contributed by atoms with Gasteiger partial charge in [0, 0.05) is 0 Å². The number of para-hydroxylation sites is 2. The molecule has 4 aromatic rings. The van der Waals surface area contributed by atoms with E-state index in [4.69, 9.17) is 42.1 Å². The number of hydrogen-bond donors (Lipinski definition) is 1. The third-order valence-corrected chi connectivity index (χ3v) is 5.86. The third kappa shape index (κ3) is 7.73. The van der Waals surface area contributed by atoms with E-state index in [2.05, 4.69) is 10.5 Å². The van der Waals surface area contributed by atoms with Gasteiger partial charge in [0.15, 0.2) is 11.5 Å². The molecule has 0 bridgehead atoms. The van der Waals surface area contributed by atoms with Gasteiger partial charge in [0.2, 0.25) is 0 Å². The van der Waals surface area contributed by atoms with Crippen molar-refractivity contribution in [2.75, 3.05) is 7.11 Å². The zero-order valence-electron chi connectivity index (χ0n) is 20.5. The number of rotatable bonds is 10. The summed E-state index contributed by atoms with van der Waals surface area (Å²) in [7, 11) is 1.43. The first-order valence-electron chi connectivity index (χ1n) is 11.5. The van der Waals surface area contributed by atoms with Gasteiger partial charge in [-0.15, -0.1) is 0 Å². The molecule has 0 aliphatic carbocycles. The fourth-order valence-electron chi connectivity index (χ4n) is 3.23. The maximum atomic E-state index is 12.8. The largest absolute Gasteiger partial charge is 0.493 e. The molecule has 0 aliphatic rings. The topological polar surface area (TPSA) is 95.5 Å². The summed E-state index contributed by atoms with van der Waals surface area (Å²) >= 11 is 11.9. The number of carbonyl (C=O) groups is 2. The summed E-state index contributed by atoms with van der Waals surface area (Å²) in [4.78, 5) is 25.4. The summed E-state index contributed by atoms with van der Waals surface area (Å²) in [6, 6.07) is 26.8. The average Bonchev–Trinajstić information content (AvgIpc) is 2.95. The van der Waals surface area contributed by atoms with Crippen LogP contribution in [0.1, 0.15) is 15.9 Å². The Bertz CT molecular complexity index is 1420. The van der Waals surface area contributed by atoms with Gasteiger partial charge in [-0.25, -0.2) is 10.2 Å². The van der Waals surface area contributed by atoms with Crippen LogP contribution in [-0.4, -0.2) is 31.5 Å². The summed E-state index contributed by atoms with van der Waals surface area (Å²) in [5, 5.41) is 4.56. The van der Waals surface area contributed by atoms with Gasteiger partial charge in [-0.05, 0) is 66.2 Å². The summed E-state index contributed by atoms with van der Waals surface area (Å²) in [5.74, 6) is 0.0989. The molecule has 0 aromatic heterocycles. The standard InChI is InChI=1S/C29H22Cl2N2O6/c1-36-26-16-19(12-15-25(26)39-28(35)20-13-14-23(30)24(31)17-20)18-32-33-27(34)29(37-21-8-4-2-5-9-21)38-22-10-6-3-7-11-22/h2-18,29H,1H3,(H,33,34). The van der Waals surface area contributed by atoms with Crippen LogP contribution in [-0.2, 0) is 4.79 Å². The van der Waals surface area contributed by atoms with Crippen LogP contribution in [0.25, 0.3) is 0 Å². The van der Waals surface area contributed by atoms with Crippen molar-refractivity contribution in [2.45, 2.75) is 6.29 Å². The van der Waals surface area contributed by atoms with E-state index in [1.54, 1.807) is 60.7 Å². The number of benzene rings is 4. The van der Waals surface area contributed by atoms with Crippen LogP contribution in [0.5, 0.6) is 23.0 Å². The minimum atomic E-state index is -1.30. The quantitative estimate of drug-likeness (QED) is 0.0815. The molecule has 1 amide bonds. The number of methoxy groups -OCH3 is 1. The molecule has 10 heteroatoms. The van der Waals surface area contributed by atoms with Crippen molar-refractivity contribution in [3.05, 3.63) is 118 Å². The molecule has 0 heterocycles. The van der Waals surface area contributed by atoms with E-state index in [0.717, 1.165) is 0 Å². The van der Waals surface area contributed by atoms with Crippen LogP contribution in [0.15, 0.2) is 102 Å². The van der Waals surface area contributed by atoms with Gasteiger partial charge in [0.05, 0.1) is 28.9 Å². The Kier molecular flexibility index (Phi) is 9.39. The van der Waals surface area contributed by atoms with Crippen LogP contribution in [0.3, 0.4) is 0 Å². The van der Waals surface area contributed by atoms with Crippen molar-refractivity contribution in [3.63, 3.8) is 0 Å². The van der Waals surface area contributed by atoms with Crippen molar-refractivity contribution < 1.29 is 28.5 Å². The zero-order valence-corrected chi connectivity index (χ0v) is 22.1. The lowest BCUT2D eigenvalue weighted by molar-refractivity contribution is -0.140. The molecule has 1 N–H and O–H groups in total. The summed E-state index contributed by atoms with van der Waals surface area (Å²) < 4.78 is 22.3. The van der Waals surface area contributed by atoms with E-state index in [0.29, 0.717) is 22.1 Å². The second-order valence-corrected chi connectivity index (χ2v) is 8.67. The molecule has 0 aliphatic heterocycles. The average molecular weight is 565 g/mol. The maximum absolute atomic E-state index is 12.8.